The van der Waals surface area contributed by atoms with Crippen molar-refractivity contribution in [3.8, 4) is 5.88 Å². The fraction of sp³-hybridized carbons (Fsp3) is 0.240. The van der Waals surface area contributed by atoms with Crippen LogP contribution in [0.15, 0.2) is 72.0 Å². The summed E-state index contributed by atoms with van der Waals surface area (Å²) in [6.45, 7) is 2.58. The van der Waals surface area contributed by atoms with Crippen LogP contribution in [-0.2, 0) is 27.6 Å². The summed E-state index contributed by atoms with van der Waals surface area (Å²) in [5.41, 5.74) is 3.42. The van der Waals surface area contributed by atoms with Crippen molar-refractivity contribution in [2.24, 2.45) is 5.16 Å². The van der Waals surface area contributed by atoms with Gasteiger partial charge in [-0.1, -0.05) is 71.4 Å². The molecule has 1 heterocycles. The number of nitrogens with zero attached hydrogens (tertiary/aromatic N) is 2. The Balaban J connectivity index is 1.69. The number of carbonyl (C=O) groups is 1. The van der Waals surface area contributed by atoms with Gasteiger partial charge >= 0.3 is 0 Å². The molecule has 1 aromatic heterocycles. The molecule has 1 amide bonds. The van der Waals surface area contributed by atoms with Gasteiger partial charge in [0.1, 0.15) is 18.7 Å². The van der Waals surface area contributed by atoms with Crippen LogP contribution in [0.3, 0.4) is 0 Å². The van der Waals surface area contributed by atoms with E-state index in [0.717, 1.165) is 16.7 Å². The Morgan fingerprint density at radius 1 is 1.12 bits per heavy atom. The number of carbonyl (C=O) groups excluding carboxylic acids is 1. The van der Waals surface area contributed by atoms with Crippen molar-refractivity contribution in [2.45, 2.75) is 26.2 Å². The number of oxime groups is 1. The van der Waals surface area contributed by atoms with Crippen LogP contribution >= 0.6 is 11.6 Å². The fourth-order valence-corrected chi connectivity index (χ4v) is 3.34. The lowest BCUT2D eigenvalue weighted by atomic mass is 10.0. The van der Waals surface area contributed by atoms with E-state index in [0.29, 0.717) is 17.2 Å². The van der Waals surface area contributed by atoms with Gasteiger partial charge in [0.25, 0.3) is 5.91 Å². The summed E-state index contributed by atoms with van der Waals surface area (Å²) in [5, 5.41) is 6.79. The molecule has 3 aromatic rings. The van der Waals surface area contributed by atoms with Crippen LogP contribution in [0.1, 0.15) is 35.3 Å². The SMILES string of the molecule is CNC(=O)/C(=N/OC)c1ccccc1COc1ncc(C(C)OCc2ccccc2)cc1Cl. The smallest absolute Gasteiger partial charge is 0.273 e. The first-order chi connectivity index (χ1) is 16.0. The monoisotopic (exact) mass is 467 g/mol. The highest BCUT2D eigenvalue weighted by molar-refractivity contribution is 6.45. The highest BCUT2D eigenvalue weighted by Gasteiger charge is 2.18. The second-order valence-corrected chi connectivity index (χ2v) is 7.55. The molecule has 0 bridgehead atoms. The number of aromatic nitrogens is 1. The topological polar surface area (TPSA) is 82.0 Å². The molecule has 0 fully saturated rings. The molecule has 8 heteroatoms. The summed E-state index contributed by atoms with van der Waals surface area (Å²) < 4.78 is 11.8. The molecule has 1 N–H and O–H groups in total. The molecule has 0 aliphatic carbocycles. The molecule has 2 aromatic carbocycles. The number of hydrogen-bond acceptors (Lipinski definition) is 6. The van der Waals surface area contributed by atoms with Crippen LogP contribution < -0.4 is 10.1 Å². The van der Waals surface area contributed by atoms with Gasteiger partial charge in [0, 0.05) is 24.4 Å². The first-order valence-corrected chi connectivity index (χ1v) is 10.8. The van der Waals surface area contributed by atoms with Crippen LogP contribution in [0.25, 0.3) is 0 Å². The zero-order valence-electron chi connectivity index (χ0n) is 18.7. The minimum atomic E-state index is -0.366. The van der Waals surface area contributed by atoms with E-state index in [-0.39, 0.29) is 30.2 Å². The van der Waals surface area contributed by atoms with E-state index in [4.69, 9.17) is 25.9 Å². The minimum absolute atomic E-state index is 0.141. The first kappa shape index (κ1) is 24.2. The molecule has 1 unspecified atom stereocenters. The molecule has 3 rings (SSSR count). The molecule has 0 saturated heterocycles. The van der Waals surface area contributed by atoms with E-state index in [9.17, 15) is 4.79 Å². The van der Waals surface area contributed by atoms with Gasteiger partial charge in [-0.2, -0.15) is 0 Å². The van der Waals surface area contributed by atoms with E-state index >= 15 is 0 Å². The van der Waals surface area contributed by atoms with Gasteiger partial charge in [-0.05, 0) is 24.1 Å². The maximum atomic E-state index is 12.2. The lowest BCUT2D eigenvalue weighted by molar-refractivity contribution is -0.114. The van der Waals surface area contributed by atoms with E-state index in [1.807, 2.05) is 55.5 Å². The van der Waals surface area contributed by atoms with E-state index in [1.54, 1.807) is 18.3 Å². The molecule has 7 nitrogen and oxygen atoms in total. The van der Waals surface area contributed by atoms with Gasteiger partial charge in [0.05, 0.1) is 12.7 Å². The summed E-state index contributed by atoms with van der Waals surface area (Å²) in [6.07, 6.45) is 1.50. The van der Waals surface area contributed by atoms with E-state index in [1.165, 1.54) is 14.2 Å². The van der Waals surface area contributed by atoms with Crippen LogP contribution in [0.5, 0.6) is 5.88 Å². The Kier molecular flexibility index (Phi) is 8.80. The number of rotatable bonds is 10. The molecule has 172 valence electrons. The summed E-state index contributed by atoms with van der Waals surface area (Å²) in [5.74, 6) is -0.0787. The van der Waals surface area contributed by atoms with Gasteiger partial charge in [0.15, 0.2) is 5.71 Å². The standard InChI is InChI=1S/C25H26ClN3O4/c1-17(32-15-18-9-5-4-6-10-18)20-13-22(26)25(28-14-20)33-16-19-11-7-8-12-21(19)23(29-31-3)24(30)27-2/h4-14,17H,15-16H2,1-3H3,(H,27,30)/b29-23+. The molecule has 0 saturated carbocycles. The maximum absolute atomic E-state index is 12.2. The molecule has 0 aliphatic heterocycles. The van der Waals surface area contributed by atoms with Gasteiger partial charge in [-0.15, -0.1) is 0 Å². The van der Waals surface area contributed by atoms with Crippen molar-refractivity contribution >= 4 is 23.2 Å². The largest absolute Gasteiger partial charge is 0.472 e. The number of pyridine rings is 1. The van der Waals surface area contributed by atoms with Gasteiger partial charge in [0.2, 0.25) is 5.88 Å². The zero-order valence-corrected chi connectivity index (χ0v) is 19.5. The third kappa shape index (κ3) is 6.54. The molecule has 0 spiro atoms. The second kappa shape index (κ2) is 12.0. The lowest BCUT2D eigenvalue weighted by Crippen LogP contribution is -2.29. The van der Waals surface area contributed by atoms with Gasteiger partial charge < -0.3 is 19.6 Å². The van der Waals surface area contributed by atoms with Crippen molar-refractivity contribution in [1.82, 2.24) is 10.3 Å². The van der Waals surface area contributed by atoms with Crippen molar-refractivity contribution in [1.29, 1.82) is 0 Å². The van der Waals surface area contributed by atoms with E-state index < -0.39 is 0 Å². The Morgan fingerprint density at radius 2 is 1.85 bits per heavy atom. The fourth-order valence-electron chi connectivity index (χ4n) is 3.11. The molecular weight excluding hydrogens is 442 g/mol. The van der Waals surface area contributed by atoms with Crippen molar-refractivity contribution in [3.05, 3.63) is 94.1 Å². The molecule has 0 radical (unpaired) electrons. The highest BCUT2D eigenvalue weighted by Crippen LogP contribution is 2.28. The van der Waals surface area contributed by atoms with Crippen LogP contribution in [0.4, 0.5) is 0 Å². The average Bonchev–Trinajstić information content (AvgIpc) is 2.85. The van der Waals surface area contributed by atoms with Crippen molar-refractivity contribution in [2.75, 3.05) is 14.2 Å². The number of hydrogen-bond donors (Lipinski definition) is 1. The Labute approximate surface area is 198 Å². The summed E-state index contributed by atoms with van der Waals surface area (Å²) in [6, 6.07) is 19.0. The number of halogens is 1. The number of nitrogens with one attached hydrogen (secondary N) is 1. The quantitative estimate of drug-likeness (QED) is 0.345. The molecule has 1 atom stereocenters. The molecular formula is C25H26ClN3O4. The predicted octanol–water partition coefficient (Wildman–Crippen LogP) is 4.69. The number of amides is 1. The van der Waals surface area contributed by atoms with Crippen LogP contribution in [0.2, 0.25) is 5.02 Å². The summed E-state index contributed by atoms with van der Waals surface area (Å²) >= 11 is 6.43. The average molecular weight is 468 g/mol. The number of ether oxygens (including phenoxy) is 2. The van der Waals surface area contributed by atoms with Crippen LogP contribution in [-0.4, -0.2) is 30.8 Å². The Hall–Kier alpha value is -3.42. The summed E-state index contributed by atoms with van der Waals surface area (Å²) in [4.78, 5) is 21.4. The minimum Gasteiger partial charge on any atom is -0.472 e. The van der Waals surface area contributed by atoms with Crippen molar-refractivity contribution < 1.29 is 19.1 Å². The predicted molar refractivity (Wildman–Crippen MR) is 127 cm³/mol. The zero-order chi connectivity index (χ0) is 23.6. The normalized spacial score (nSPS) is 12.2. The molecule has 0 aliphatic rings. The third-order valence-electron chi connectivity index (χ3n) is 4.90. The van der Waals surface area contributed by atoms with E-state index in [2.05, 4.69) is 15.5 Å². The lowest BCUT2D eigenvalue weighted by Gasteiger charge is -2.15. The highest BCUT2D eigenvalue weighted by atomic mass is 35.5. The third-order valence-corrected chi connectivity index (χ3v) is 5.17. The van der Waals surface area contributed by atoms with Crippen LogP contribution in [0, 0.1) is 0 Å². The number of benzene rings is 2. The Bertz CT molecular complexity index is 1110. The van der Waals surface area contributed by atoms with Crippen molar-refractivity contribution in [3.63, 3.8) is 0 Å². The molecule has 33 heavy (non-hydrogen) atoms. The second-order valence-electron chi connectivity index (χ2n) is 7.14. The Morgan fingerprint density at radius 3 is 2.55 bits per heavy atom. The van der Waals surface area contributed by atoms with Gasteiger partial charge in [-0.3, -0.25) is 4.79 Å². The maximum Gasteiger partial charge on any atom is 0.273 e. The van der Waals surface area contributed by atoms with Gasteiger partial charge in [-0.25, -0.2) is 4.98 Å². The number of likely N-dealkylation sites (N-methyl/N-ethyl adjacent to an activating group) is 1. The first-order valence-electron chi connectivity index (χ1n) is 10.4. The summed E-state index contributed by atoms with van der Waals surface area (Å²) in [7, 11) is 2.92.